The Morgan fingerprint density at radius 2 is 2.07 bits per heavy atom. The molecular formula is C18H15BrN2O7. The predicted molar refractivity (Wildman–Crippen MR) is 99.5 cm³/mol. The lowest BCUT2D eigenvalue weighted by Crippen LogP contribution is -2.30. The van der Waals surface area contributed by atoms with E-state index in [1.54, 1.807) is 12.1 Å². The number of furan rings is 1. The summed E-state index contributed by atoms with van der Waals surface area (Å²) in [6.45, 7) is -0.174. The second-order valence-electron chi connectivity index (χ2n) is 5.68. The van der Waals surface area contributed by atoms with Gasteiger partial charge in [0.15, 0.2) is 11.5 Å². The molecule has 1 aromatic carbocycles. The maximum atomic E-state index is 12.6. The molecule has 2 aromatic rings. The van der Waals surface area contributed by atoms with Crippen LogP contribution in [0.15, 0.2) is 38.9 Å². The Hall–Kier alpha value is -3.27. The summed E-state index contributed by atoms with van der Waals surface area (Å²) >= 11 is 3.29. The van der Waals surface area contributed by atoms with Crippen molar-refractivity contribution in [3.8, 4) is 11.5 Å². The molecule has 3 rings (SSSR count). The van der Waals surface area contributed by atoms with Crippen LogP contribution >= 0.6 is 15.9 Å². The number of ether oxygens (including phenoxy) is 2. The highest BCUT2D eigenvalue weighted by atomic mass is 79.9. The standard InChI is InChI=1S/C18H15BrN2O7/c1-26-14-7-10(19)5-9(15(14)22)6-12-16(23)21(18(25)20-12)8-11-3-4-13(28-11)17(24)27-2/h3-7,22H,8H2,1-2H3,(H,20,25). The van der Waals surface area contributed by atoms with Gasteiger partial charge in [-0.1, -0.05) is 15.9 Å². The fourth-order valence-electron chi connectivity index (χ4n) is 2.56. The lowest BCUT2D eigenvalue weighted by Gasteiger charge is -2.09. The molecular weight excluding hydrogens is 436 g/mol. The normalized spacial score (nSPS) is 15.1. The minimum atomic E-state index is -0.664. The average molecular weight is 451 g/mol. The van der Waals surface area contributed by atoms with E-state index < -0.39 is 17.9 Å². The van der Waals surface area contributed by atoms with Gasteiger partial charge in [0.05, 0.1) is 20.8 Å². The molecule has 1 aromatic heterocycles. The first-order valence-electron chi connectivity index (χ1n) is 7.92. The highest BCUT2D eigenvalue weighted by Gasteiger charge is 2.34. The van der Waals surface area contributed by atoms with E-state index in [-0.39, 0.29) is 40.8 Å². The fraction of sp³-hybridized carbons (Fsp3) is 0.167. The molecule has 0 saturated carbocycles. The molecule has 1 aliphatic rings. The Bertz CT molecular complexity index is 996. The number of carbonyl (C=O) groups excluding carboxylic acids is 3. The predicted octanol–water partition coefficient (Wildman–Crippen LogP) is 2.64. The summed E-state index contributed by atoms with van der Waals surface area (Å²) in [5.74, 6) is -1.04. The number of urea groups is 1. The molecule has 0 bridgehead atoms. The molecule has 10 heteroatoms. The number of phenols is 1. The molecule has 0 atom stereocenters. The molecule has 0 radical (unpaired) electrons. The van der Waals surface area contributed by atoms with E-state index in [0.29, 0.717) is 4.47 Å². The first-order valence-corrected chi connectivity index (χ1v) is 8.71. The van der Waals surface area contributed by atoms with E-state index in [4.69, 9.17) is 9.15 Å². The van der Waals surface area contributed by atoms with Crippen molar-refractivity contribution in [3.63, 3.8) is 0 Å². The topological polar surface area (TPSA) is 118 Å². The van der Waals surface area contributed by atoms with Crippen LogP contribution in [0.1, 0.15) is 21.9 Å². The van der Waals surface area contributed by atoms with E-state index in [9.17, 15) is 19.5 Å². The minimum Gasteiger partial charge on any atom is -0.504 e. The SMILES string of the molecule is COC(=O)c1ccc(CN2C(=O)NC(=Cc3cc(Br)cc(OC)c3O)C2=O)o1. The van der Waals surface area contributed by atoms with E-state index in [1.807, 2.05) is 0 Å². The zero-order valence-corrected chi connectivity index (χ0v) is 16.4. The highest BCUT2D eigenvalue weighted by molar-refractivity contribution is 9.10. The van der Waals surface area contributed by atoms with Crippen molar-refractivity contribution in [2.24, 2.45) is 0 Å². The van der Waals surface area contributed by atoms with Crippen molar-refractivity contribution in [1.29, 1.82) is 0 Å². The van der Waals surface area contributed by atoms with Crippen molar-refractivity contribution >= 4 is 39.9 Å². The molecule has 1 saturated heterocycles. The first kappa shape index (κ1) is 19.5. The number of methoxy groups -OCH3 is 2. The number of hydrogen-bond donors (Lipinski definition) is 2. The number of aromatic hydroxyl groups is 1. The van der Waals surface area contributed by atoms with Gasteiger partial charge in [0, 0.05) is 10.0 Å². The van der Waals surface area contributed by atoms with Crippen LogP contribution < -0.4 is 10.1 Å². The van der Waals surface area contributed by atoms with Gasteiger partial charge in [-0.2, -0.15) is 0 Å². The lowest BCUT2D eigenvalue weighted by molar-refractivity contribution is -0.123. The minimum absolute atomic E-state index is 0.0276. The molecule has 9 nitrogen and oxygen atoms in total. The monoisotopic (exact) mass is 450 g/mol. The lowest BCUT2D eigenvalue weighted by atomic mass is 10.1. The Morgan fingerprint density at radius 1 is 1.32 bits per heavy atom. The number of phenolic OH excluding ortho intramolecular Hbond substituents is 1. The molecule has 1 fully saturated rings. The van der Waals surface area contributed by atoms with E-state index in [0.717, 1.165) is 4.90 Å². The number of rotatable bonds is 5. The fourth-order valence-corrected chi connectivity index (χ4v) is 3.01. The number of benzene rings is 1. The van der Waals surface area contributed by atoms with Gasteiger partial charge in [-0.05, 0) is 30.3 Å². The second kappa shape index (κ2) is 7.77. The number of hydrogen-bond acceptors (Lipinski definition) is 7. The number of imide groups is 1. The molecule has 0 spiro atoms. The van der Waals surface area contributed by atoms with Crippen LogP contribution in [0, 0.1) is 0 Å². The van der Waals surface area contributed by atoms with Gasteiger partial charge < -0.3 is 24.3 Å². The molecule has 0 unspecified atom stereocenters. The molecule has 146 valence electrons. The highest BCUT2D eigenvalue weighted by Crippen LogP contribution is 2.35. The van der Waals surface area contributed by atoms with Crippen LogP contribution in [-0.4, -0.2) is 42.1 Å². The van der Waals surface area contributed by atoms with Gasteiger partial charge in [0.2, 0.25) is 5.76 Å². The maximum Gasteiger partial charge on any atom is 0.373 e. The molecule has 0 aliphatic carbocycles. The summed E-state index contributed by atoms with van der Waals surface area (Å²) in [6, 6.07) is 5.34. The third-order valence-corrected chi connectivity index (χ3v) is 4.37. The van der Waals surface area contributed by atoms with E-state index >= 15 is 0 Å². The van der Waals surface area contributed by atoms with Gasteiger partial charge in [-0.3, -0.25) is 9.69 Å². The third-order valence-electron chi connectivity index (χ3n) is 3.91. The van der Waals surface area contributed by atoms with Gasteiger partial charge in [0.1, 0.15) is 11.5 Å². The van der Waals surface area contributed by atoms with Crippen LogP contribution in [0.25, 0.3) is 6.08 Å². The first-order chi connectivity index (χ1) is 13.3. The van der Waals surface area contributed by atoms with Crippen LogP contribution in [0.4, 0.5) is 4.79 Å². The summed E-state index contributed by atoms with van der Waals surface area (Å²) < 4.78 is 15.5. The molecule has 1 aliphatic heterocycles. The second-order valence-corrected chi connectivity index (χ2v) is 6.60. The Morgan fingerprint density at radius 3 is 2.75 bits per heavy atom. The van der Waals surface area contributed by atoms with Crippen LogP contribution in [-0.2, 0) is 16.1 Å². The summed E-state index contributed by atoms with van der Waals surface area (Å²) in [5, 5.41) is 12.7. The van der Waals surface area contributed by atoms with Crippen molar-refractivity contribution < 1.29 is 33.4 Å². The van der Waals surface area contributed by atoms with E-state index in [1.165, 1.54) is 32.4 Å². The number of halogens is 1. The Kier molecular flexibility index (Phi) is 5.41. The molecule has 3 amide bonds. The number of amides is 3. The zero-order valence-electron chi connectivity index (χ0n) is 14.8. The van der Waals surface area contributed by atoms with Crippen LogP contribution in [0.5, 0.6) is 11.5 Å². The Labute approximate surface area is 167 Å². The summed E-state index contributed by atoms with van der Waals surface area (Å²) in [7, 11) is 2.61. The van der Waals surface area contributed by atoms with Crippen molar-refractivity contribution in [2.75, 3.05) is 14.2 Å². The van der Waals surface area contributed by atoms with Gasteiger partial charge in [0.25, 0.3) is 5.91 Å². The summed E-state index contributed by atoms with van der Waals surface area (Å²) in [5.41, 5.74) is 0.253. The average Bonchev–Trinajstić information content (AvgIpc) is 3.24. The smallest absolute Gasteiger partial charge is 0.373 e. The van der Waals surface area contributed by atoms with Crippen molar-refractivity contribution in [1.82, 2.24) is 10.2 Å². The molecule has 2 N–H and O–H groups in total. The Balaban J connectivity index is 1.84. The number of carbonyl (C=O) groups is 3. The molecule has 28 heavy (non-hydrogen) atoms. The number of nitrogens with one attached hydrogen (secondary N) is 1. The van der Waals surface area contributed by atoms with Gasteiger partial charge in [-0.25, -0.2) is 9.59 Å². The van der Waals surface area contributed by atoms with Gasteiger partial charge >= 0.3 is 12.0 Å². The summed E-state index contributed by atoms with van der Waals surface area (Å²) in [4.78, 5) is 37.1. The molecule has 2 heterocycles. The van der Waals surface area contributed by atoms with E-state index in [2.05, 4.69) is 26.0 Å². The van der Waals surface area contributed by atoms with Crippen molar-refractivity contribution in [2.45, 2.75) is 6.54 Å². The quantitative estimate of drug-likeness (QED) is 0.408. The van der Waals surface area contributed by atoms with Gasteiger partial charge in [-0.15, -0.1) is 0 Å². The number of nitrogens with zero attached hydrogens (tertiary/aromatic N) is 1. The number of esters is 1. The largest absolute Gasteiger partial charge is 0.504 e. The third kappa shape index (κ3) is 3.72. The van der Waals surface area contributed by atoms with Crippen LogP contribution in [0.2, 0.25) is 0 Å². The zero-order chi connectivity index (χ0) is 20.4. The van der Waals surface area contributed by atoms with Crippen molar-refractivity contribution in [3.05, 3.63) is 51.5 Å². The summed E-state index contributed by atoms with van der Waals surface area (Å²) in [6.07, 6.45) is 1.34. The van der Waals surface area contributed by atoms with Crippen LogP contribution in [0.3, 0.4) is 0 Å². The maximum absolute atomic E-state index is 12.6.